The number of aliphatic imine (C=N–C) groups is 1. The predicted octanol–water partition coefficient (Wildman–Crippen LogP) is 2.24. The van der Waals surface area contributed by atoms with Crippen LogP contribution in [0.15, 0.2) is 41.7 Å². The Bertz CT molecular complexity index is 712. The second kappa shape index (κ2) is 10.6. The zero-order valence-electron chi connectivity index (χ0n) is 16.0. The van der Waals surface area contributed by atoms with Crippen molar-refractivity contribution in [3.8, 4) is 0 Å². The number of rotatable bonds is 6. The second-order valence-corrected chi connectivity index (χ2v) is 6.61. The second-order valence-electron chi connectivity index (χ2n) is 6.61. The number of hydrogen-bond donors (Lipinski definition) is 2. The Balaban J connectivity index is 0.00000261. The summed E-state index contributed by atoms with van der Waals surface area (Å²) in [5, 5.41) is 11.0. The molecule has 2 aromatic rings. The smallest absolute Gasteiger partial charge is 0.191 e. The number of ether oxygens (including phenoxy) is 1. The van der Waals surface area contributed by atoms with Crippen molar-refractivity contribution in [1.82, 2.24) is 25.4 Å². The van der Waals surface area contributed by atoms with E-state index in [-0.39, 0.29) is 29.4 Å². The largest absolute Gasteiger partial charge is 0.381 e. The first-order chi connectivity index (χ1) is 12.7. The third kappa shape index (κ3) is 5.65. The molecule has 0 aliphatic carbocycles. The Morgan fingerprint density at radius 1 is 1.22 bits per heavy atom. The van der Waals surface area contributed by atoms with Gasteiger partial charge in [-0.05, 0) is 25.3 Å². The lowest BCUT2D eigenvalue weighted by Crippen LogP contribution is -2.48. The van der Waals surface area contributed by atoms with Gasteiger partial charge in [-0.15, -0.1) is 24.0 Å². The van der Waals surface area contributed by atoms with Crippen molar-refractivity contribution in [1.29, 1.82) is 0 Å². The molecule has 1 fully saturated rings. The maximum atomic E-state index is 5.62. The number of halogens is 1. The number of hydrogen-bond acceptors (Lipinski definition) is 4. The molecule has 1 saturated heterocycles. The van der Waals surface area contributed by atoms with Gasteiger partial charge in [-0.25, -0.2) is 9.98 Å². The molecule has 7 nitrogen and oxygen atoms in total. The molecule has 3 rings (SSSR count). The van der Waals surface area contributed by atoms with E-state index in [0.29, 0.717) is 6.54 Å². The molecule has 0 amide bonds. The molecular formula is C19H29IN6O. The van der Waals surface area contributed by atoms with Crippen LogP contribution < -0.4 is 10.6 Å². The van der Waals surface area contributed by atoms with Crippen molar-refractivity contribution in [3.05, 3.63) is 48.0 Å². The highest BCUT2D eigenvalue weighted by Crippen LogP contribution is 2.34. The van der Waals surface area contributed by atoms with Crippen molar-refractivity contribution >= 4 is 29.9 Å². The fourth-order valence-electron chi connectivity index (χ4n) is 3.33. The van der Waals surface area contributed by atoms with E-state index in [1.54, 1.807) is 11.0 Å². The predicted molar refractivity (Wildman–Crippen MR) is 117 cm³/mol. The molecule has 1 aliphatic heterocycles. The topological polar surface area (TPSA) is 76.4 Å². The third-order valence-electron chi connectivity index (χ3n) is 4.96. The minimum absolute atomic E-state index is 0. The summed E-state index contributed by atoms with van der Waals surface area (Å²) in [7, 11) is 1.88. The van der Waals surface area contributed by atoms with Crippen LogP contribution in [-0.2, 0) is 23.7 Å². The van der Waals surface area contributed by atoms with E-state index in [0.717, 1.165) is 50.9 Å². The molecule has 0 unspecified atom stereocenters. The van der Waals surface area contributed by atoms with Gasteiger partial charge in [0.1, 0.15) is 18.7 Å². The van der Waals surface area contributed by atoms with Crippen LogP contribution in [0.4, 0.5) is 0 Å². The lowest BCUT2D eigenvalue weighted by atomic mass is 9.74. The molecule has 8 heteroatoms. The Kier molecular flexibility index (Phi) is 8.49. The molecule has 0 radical (unpaired) electrons. The van der Waals surface area contributed by atoms with Gasteiger partial charge in [0.15, 0.2) is 5.96 Å². The van der Waals surface area contributed by atoms with E-state index in [9.17, 15) is 0 Å². The first kappa shape index (κ1) is 21.6. The van der Waals surface area contributed by atoms with Crippen molar-refractivity contribution < 1.29 is 4.74 Å². The summed E-state index contributed by atoms with van der Waals surface area (Å²) in [6.45, 7) is 5.79. The average molecular weight is 484 g/mol. The Hall–Kier alpha value is -1.68. The molecule has 0 atom stereocenters. The minimum atomic E-state index is 0. The Morgan fingerprint density at radius 3 is 2.59 bits per heavy atom. The molecule has 0 spiro atoms. The quantitative estimate of drug-likeness (QED) is 0.374. The van der Waals surface area contributed by atoms with Gasteiger partial charge in [-0.1, -0.05) is 30.3 Å². The molecule has 148 valence electrons. The summed E-state index contributed by atoms with van der Waals surface area (Å²) in [4.78, 5) is 8.90. The third-order valence-corrected chi connectivity index (χ3v) is 4.96. The van der Waals surface area contributed by atoms with Crippen molar-refractivity contribution in [2.45, 2.75) is 31.7 Å². The molecular weight excluding hydrogens is 455 g/mol. The molecule has 2 heterocycles. The Morgan fingerprint density at radius 2 is 1.96 bits per heavy atom. The number of guanidine groups is 1. The summed E-state index contributed by atoms with van der Waals surface area (Å²) in [5.41, 5.74) is 1.43. The van der Waals surface area contributed by atoms with Crippen LogP contribution >= 0.6 is 24.0 Å². The SMILES string of the molecule is CCNC(=NCc1ncnn1C)NCC1(c2ccccc2)CCOCC1.I. The molecule has 1 aromatic carbocycles. The van der Waals surface area contributed by atoms with Crippen LogP contribution in [0, 0.1) is 0 Å². The van der Waals surface area contributed by atoms with Crippen molar-refractivity contribution in [2.24, 2.45) is 12.0 Å². The van der Waals surface area contributed by atoms with Crippen molar-refractivity contribution in [3.63, 3.8) is 0 Å². The monoisotopic (exact) mass is 484 g/mol. The first-order valence-corrected chi connectivity index (χ1v) is 9.22. The highest BCUT2D eigenvalue weighted by atomic mass is 127. The number of aryl methyl sites for hydroxylation is 1. The summed E-state index contributed by atoms with van der Waals surface area (Å²) in [6.07, 6.45) is 3.57. The molecule has 27 heavy (non-hydrogen) atoms. The Labute approximate surface area is 178 Å². The van der Waals surface area contributed by atoms with Gasteiger partial charge in [-0.2, -0.15) is 5.10 Å². The zero-order valence-corrected chi connectivity index (χ0v) is 18.3. The van der Waals surface area contributed by atoms with E-state index in [4.69, 9.17) is 4.74 Å². The van der Waals surface area contributed by atoms with Gasteiger partial charge >= 0.3 is 0 Å². The molecule has 2 N–H and O–H groups in total. The lowest BCUT2D eigenvalue weighted by Gasteiger charge is -2.38. The summed E-state index contributed by atoms with van der Waals surface area (Å²) in [6, 6.07) is 10.7. The van der Waals surface area contributed by atoms with E-state index >= 15 is 0 Å². The van der Waals surface area contributed by atoms with Crippen LogP contribution in [0.1, 0.15) is 31.2 Å². The normalized spacial score (nSPS) is 16.4. The summed E-state index contributed by atoms with van der Waals surface area (Å²) in [5.74, 6) is 1.64. The summed E-state index contributed by atoms with van der Waals surface area (Å²) < 4.78 is 7.37. The van der Waals surface area contributed by atoms with Crippen LogP contribution in [0.5, 0.6) is 0 Å². The number of nitrogens with one attached hydrogen (secondary N) is 2. The van der Waals surface area contributed by atoms with Gasteiger partial charge in [0.05, 0.1) is 0 Å². The fourth-order valence-corrected chi connectivity index (χ4v) is 3.33. The summed E-state index contributed by atoms with van der Waals surface area (Å²) >= 11 is 0. The van der Waals surface area contributed by atoms with E-state index in [1.807, 2.05) is 7.05 Å². The zero-order chi connectivity index (χ0) is 18.2. The number of aromatic nitrogens is 3. The maximum absolute atomic E-state index is 5.62. The highest BCUT2D eigenvalue weighted by molar-refractivity contribution is 14.0. The first-order valence-electron chi connectivity index (χ1n) is 9.22. The van der Waals surface area contributed by atoms with Crippen LogP contribution in [0.2, 0.25) is 0 Å². The fraction of sp³-hybridized carbons (Fsp3) is 0.526. The molecule has 0 bridgehead atoms. The lowest BCUT2D eigenvalue weighted by molar-refractivity contribution is 0.0514. The highest BCUT2D eigenvalue weighted by Gasteiger charge is 2.34. The average Bonchev–Trinajstić information content (AvgIpc) is 3.10. The van der Waals surface area contributed by atoms with Gasteiger partial charge < -0.3 is 15.4 Å². The van der Waals surface area contributed by atoms with E-state index < -0.39 is 0 Å². The van der Waals surface area contributed by atoms with Gasteiger partial charge in [0.25, 0.3) is 0 Å². The van der Waals surface area contributed by atoms with E-state index in [2.05, 4.69) is 63.0 Å². The van der Waals surface area contributed by atoms with Crippen LogP contribution in [-0.4, -0.2) is 47.0 Å². The van der Waals surface area contributed by atoms with Crippen LogP contribution in [0.3, 0.4) is 0 Å². The molecule has 0 saturated carbocycles. The van der Waals surface area contributed by atoms with Gasteiger partial charge in [0, 0.05) is 38.8 Å². The minimum Gasteiger partial charge on any atom is -0.381 e. The molecule has 1 aromatic heterocycles. The maximum Gasteiger partial charge on any atom is 0.191 e. The van der Waals surface area contributed by atoms with Crippen LogP contribution in [0.25, 0.3) is 0 Å². The van der Waals surface area contributed by atoms with Gasteiger partial charge in [-0.3, -0.25) is 4.68 Å². The standard InChI is InChI=1S/C19H28N6O.HI/c1-3-20-18(21-13-17-23-15-24-25(17)2)22-14-19(9-11-26-12-10-19)16-7-5-4-6-8-16;/h4-8,15H,3,9-14H2,1-2H3,(H2,20,21,22);1H. The number of benzene rings is 1. The number of nitrogens with zero attached hydrogens (tertiary/aromatic N) is 4. The van der Waals surface area contributed by atoms with Gasteiger partial charge in [0.2, 0.25) is 0 Å². The molecule has 1 aliphatic rings. The van der Waals surface area contributed by atoms with E-state index in [1.165, 1.54) is 5.56 Å². The van der Waals surface area contributed by atoms with Crippen molar-refractivity contribution in [2.75, 3.05) is 26.3 Å².